The number of nitrogens with zero attached hydrogens (tertiary/aromatic N) is 2. The summed E-state index contributed by atoms with van der Waals surface area (Å²) in [4.78, 5) is 6.97. The maximum Gasteiger partial charge on any atom is 0.140 e. The van der Waals surface area contributed by atoms with Crippen molar-refractivity contribution in [2.24, 2.45) is 10.7 Å². The summed E-state index contributed by atoms with van der Waals surface area (Å²) in [6, 6.07) is 15.2. The first kappa shape index (κ1) is 17.7. The van der Waals surface area contributed by atoms with E-state index >= 15 is 0 Å². The van der Waals surface area contributed by atoms with Gasteiger partial charge in [0.1, 0.15) is 11.5 Å². The molecule has 2 aromatic rings. The number of nitrogens with two attached hydrogens (primary N) is 1. The first-order valence-corrected chi connectivity index (χ1v) is 9.74. The van der Waals surface area contributed by atoms with Crippen molar-refractivity contribution >= 4 is 17.5 Å². The van der Waals surface area contributed by atoms with E-state index in [4.69, 9.17) is 10.5 Å². The molecule has 2 aromatic carbocycles. The quantitative estimate of drug-likeness (QED) is 0.780. The van der Waals surface area contributed by atoms with E-state index in [2.05, 4.69) is 36.0 Å². The third-order valence-corrected chi connectivity index (χ3v) is 5.51. The van der Waals surface area contributed by atoms with Gasteiger partial charge in [-0.2, -0.15) is 0 Å². The lowest BCUT2D eigenvalue weighted by atomic mass is 9.92. The summed E-state index contributed by atoms with van der Waals surface area (Å²) in [5, 5.41) is 0. The van der Waals surface area contributed by atoms with Gasteiger partial charge in [-0.25, -0.2) is 0 Å². The molecule has 4 heteroatoms. The normalized spacial score (nSPS) is 20.0. The van der Waals surface area contributed by atoms with Crippen LogP contribution in [0.3, 0.4) is 0 Å². The zero-order chi connectivity index (χ0) is 18.8. The number of benzene rings is 2. The SMILES string of the molecule is CC1CCc2c(ccc(C(C=NC3CC3)=CN)c2Oc2ccccc2)N1C. The molecule has 2 aliphatic rings. The van der Waals surface area contributed by atoms with Crippen LogP contribution in [0.15, 0.2) is 53.7 Å². The lowest BCUT2D eigenvalue weighted by Crippen LogP contribution is -2.33. The van der Waals surface area contributed by atoms with Crippen LogP contribution in [0.25, 0.3) is 5.57 Å². The molecule has 1 fully saturated rings. The van der Waals surface area contributed by atoms with E-state index in [0.717, 1.165) is 35.5 Å². The van der Waals surface area contributed by atoms with Crippen LogP contribution in [0.5, 0.6) is 11.5 Å². The van der Waals surface area contributed by atoms with E-state index in [-0.39, 0.29) is 0 Å². The number of allylic oxidation sites excluding steroid dienone is 1. The lowest BCUT2D eigenvalue weighted by Gasteiger charge is -2.35. The van der Waals surface area contributed by atoms with Crippen LogP contribution >= 0.6 is 0 Å². The van der Waals surface area contributed by atoms with Crippen LogP contribution in [0.2, 0.25) is 0 Å². The number of aliphatic imine (C=N–C) groups is 1. The van der Waals surface area contributed by atoms with Crippen LogP contribution < -0.4 is 15.4 Å². The molecule has 1 unspecified atom stereocenters. The van der Waals surface area contributed by atoms with Gasteiger partial charge in [0.2, 0.25) is 0 Å². The Labute approximate surface area is 161 Å². The van der Waals surface area contributed by atoms with Gasteiger partial charge in [0, 0.05) is 47.9 Å². The smallest absolute Gasteiger partial charge is 0.140 e. The highest BCUT2D eigenvalue weighted by Gasteiger charge is 2.26. The zero-order valence-corrected chi connectivity index (χ0v) is 16.1. The number of rotatable bonds is 5. The van der Waals surface area contributed by atoms with Gasteiger partial charge in [-0.3, -0.25) is 4.99 Å². The largest absolute Gasteiger partial charge is 0.456 e. The fraction of sp³-hybridized carbons (Fsp3) is 0.348. The first-order chi connectivity index (χ1) is 13.2. The zero-order valence-electron chi connectivity index (χ0n) is 16.1. The number of hydrogen-bond donors (Lipinski definition) is 1. The van der Waals surface area contributed by atoms with Gasteiger partial charge in [0.25, 0.3) is 0 Å². The molecule has 27 heavy (non-hydrogen) atoms. The maximum atomic E-state index is 6.41. The van der Waals surface area contributed by atoms with E-state index in [9.17, 15) is 0 Å². The average Bonchev–Trinajstić information content (AvgIpc) is 3.51. The Bertz CT molecular complexity index is 869. The van der Waals surface area contributed by atoms with E-state index in [1.54, 1.807) is 6.20 Å². The van der Waals surface area contributed by atoms with Crippen molar-refractivity contribution < 1.29 is 4.74 Å². The van der Waals surface area contributed by atoms with Crippen molar-refractivity contribution in [1.82, 2.24) is 0 Å². The lowest BCUT2D eigenvalue weighted by molar-refractivity contribution is 0.467. The number of para-hydroxylation sites is 1. The molecule has 0 aromatic heterocycles. The Morgan fingerprint density at radius 2 is 1.93 bits per heavy atom. The summed E-state index contributed by atoms with van der Waals surface area (Å²) >= 11 is 0. The monoisotopic (exact) mass is 361 g/mol. The highest BCUT2D eigenvalue weighted by atomic mass is 16.5. The first-order valence-electron chi connectivity index (χ1n) is 9.74. The fourth-order valence-electron chi connectivity index (χ4n) is 3.54. The van der Waals surface area contributed by atoms with Gasteiger partial charge >= 0.3 is 0 Å². The summed E-state index contributed by atoms with van der Waals surface area (Å²) in [6.45, 7) is 2.27. The van der Waals surface area contributed by atoms with Crippen molar-refractivity contribution in [3.63, 3.8) is 0 Å². The predicted octanol–water partition coefficient (Wildman–Crippen LogP) is 4.78. The molecule has 0 spiro atoms. The van der Waals surface area contributed by atoms with E-state index in [1.807, 2.05) is 36.5 Å². The predicted molar refractivity (Wildman–Crippen MR) is 113 cm³/mol. The van der Waals surface area contributed by atoms with Crippen LogP contribution in [0.1, 0.15) is 37.3 Å². The minimum absolute atomic E-state index is 0.461. The molecule has 0 radical (unpaired) electrons. The number of hydrogen-bond acceptors (Lipinski definition) is 4. The van der Waals surface area contributed by atoms with Crippen LogP contribution in [-0.4, -0.2) is 25.3 Å². The molecule has 1 atom stereocenters. The van der Waals surface area contributed by atoms with Crippen LogP contribution in [-0.2, 0) is 6.42 Å². The summed E-state index contributed by atoms with van der Waals surface area (Å²) < 4.78 is 6.41. The Morgan fingerprint density at radius 3 is 2.63 bits per heavy atom. The summed E-state index contributed by atoms with van der Waals surface area (Å²) in [7, 11) is 2.16. The number of ether oxygens (including phenoxy) is 1. The van der Waals surface area contributed by atoms with Gasteiger partial charge in [0.05, 0.1) is 6.04 Å². The van der Waals surface area contributed by atoms with Gasteiger partial charge < -0.3 is 15.4 Å². The highest BCUT2D eigenvalue weighted by Crippen LogP contribution is 2.42. The van der Waals surface area contributed by atoms with Gasteiger partial charge in [-0.05, 0) is 56.9 Å². The molecule has 4 rings (SSSR count). The Kier molecular flexibility index (Phi) is 4.88. The van der Waals surface area contributed by atoms with E-state index < -0.39 is 0 Å². The van der Waals surface area contributed by atoms with Crippen molar-refractivity contribution in [2.45, 2.75) is 44.7 Å². The Morgan fingerprint density at radius 1 is 1.15 bits per heavy atom. The van der Waals surface area contributed by atoms with Gasteiger partial charge in [-0.1, -0.05) is 18.2 Å². The molecular weight excluding hydrogens is 334 g/mol. The van der Waals surface area contributed by atoms with E-state index in [1.165, 1.54) is 24.1 Å². The van der Waals surface area contributed by atoms with Crippen molar-refractivity contribution in [2.75, 3.05) is 11.9 Å². The van der Waals surface area contributed by atoms with Crippen LogP contribution in [0.4, 0.5) is 5.69 Å². The second kappa shape index (κ2) is 7.47. The minimum atomic E-state index is 0.461. The Balaban J connectivity index is 1.80. The molecule has 0 bridgehead atoms. The molecule has 0 saturated heterocycles. The average molecular weight is 361 g/mol. The van der Waals surface area contributed by atoms with Gasteiger partial charge in [0.15, 0.2) is 0 Å². The molecular formula is C23H27N3O. The van der Waals surface area contributed by atoms with Crippen molar-refractivity contribution in [1.29, 1.82) is 0 Å². The molecule has 1 saturated carbocycles. The highest BCUT2D eigenvalue weighted by molar-refractivity contribution is 6.11. The van der Waals surface area contributed by atoms with Crippen molar-refractivity contribution in [3.05, 3.63) is 59.8 Å². The second-order valence-electron chi connectivity index (χ2n) is 7.48. The maximum absolute atomic E-state index is 6.41. The van der Waals surface area contributed by atoms with Crippen LogP contribution in [0, 0.1) is 0 Å². The van der Waals surface area contributed by atoms with E-state index in [0.29, 0.717) is 12.1 Å². The molecule has 1 aliphatic carbocycles. The molecule has 1 aliphatic heterocycles. The summed E-state index contributed by atoms with van der Waals surface area (Å²) in [5.74, 6) is 1.74. The second-order valence-corrected chi connectivity index (χ2v) is 7.48. The standard InChI is InChI=1S/C23H27N3O/c1-16-8-11-21-22(26(16)2)13-12-20(17(14-24)15-25-18-9-10-18)23(21)27-19-6-4-3-5-7-19/h3-7,12-16,18H,8-11,24H2,1-2H3. The molecule has 2 N–H and O–H groups in total. The minimum Gasteiger partial charge on any atom is -0.456 e. The third kappa shape index (κ3) is 3.70. The fourth-order valence-corrected chi connectivity index (χ4v) is 3.54. The number of fused-ring (bicyclic) bond motifs is 1. The third-order valence-electron chi connectivity index (χ3n) is 5.51. The van der Waals surface area contributed by atoms with Gasteiger partial charge in [-0.15, -0.1) is 0 Å². The van der Waals surface area contributed by atoms with Crippen molar-refractivity contribution in [3.8, 4) is 11.5 Å². The summed E-state index contributed by atoms with van der Waals surface area (Å²) in [5.41, 5.74) is 10.4. The molecule has 1 heterocycles. The molecule has 0 amide bonds. The summed E-state index contributed by atoms with van der Waals surface area (Å²) in [6.07, 6.45) is 8.00. The molecule has 4 nitrogen and oxygen atoms in total. The Hall–Kier alpha value is -2.75. The number of anilines is 1. The molecule has 140 valence electrons. The topological polar surface area (TPSA) is 50.9 Å².